The highest BCUT2D eigenvalue weighted by Crippen LogP contribution is 2.23. The number of hydrogen-bond acceptors (Lipinski definition) is 3. The van der Waals surface area contributed by atoms with Crippen LogP contribution in [-0.2, 0) is 16.4 Å². The molecule has 4 nitrogen and oxygen atoms in total. The topological polar surface area (TPSA) is 58.2 Å². The van der Waals surface area contributed by atoms with E-state index in [1.165, 1.54) is 0 Å². The lowest BCUT2D eigenvalue weighted by Crippen LogP contribution is -2.37. The molecule has 0 saturated heterocycles. The van der Waals surface area contributed by atoms with Crippen LogP contribution >= 0.6 is 24.0 Å². The van der Waals surface area contributed by atoms with E-state index >= 15 is 0 Å². The summed E-state index contributed by atoms with van der Waals surface area (Å²) in [6, 6.07) is 5.22. The van der Waals surface area contributed by atoms with E-state index in [1.807, 2.05) is 13.0 Å². The Bertz CT molecular complexity index is 521. The number of nitrogens with one attached hydrogen (secondary N) is 2. The van der Waals surface area contributed by atoms with E-state index in [0.717, 1.165) is 18.4 Å². The SMILES string of the molecule is CCCc1ccc(Cl)c(S(=O)(=O)NCC(C)NC)c1.Cl. The first-order chi connectivity index (χ1) is 8.90. The minimum Gasteiger partial charge on any atom is -0.316 e. The highest BCUT2D eigenvalue weighted by Gasteiger charge is 2.18. The first-order valence-electron chi connectivity index (χ1n) is 6.36. The average Bonchev–Trinajstić information content (AvgIpc) is 2.38. The molecule has 0 aliphatic carbocycles. The number of sulfonamides is 1. The molecule has 0 fully saturated rings. The van der Waals surface area contributed by atoms with Crippen LogP contribution in [-0.4, -0.2) is 28.1 Å². The van der Waals surface area contributed by atoms with Crippen LogP contribution in [0.15, 0.2) is 23.1 Å². The largest absolute Gasteiger partial charge is 0.316 e. The van der Waals surface area contributed by atoms with Gasteiger partial charge in [-0.3, -0.25) is 0 Å². The Balaban J connectivity index is 0.00000361. The van der Waals surface area contributed by atoms with E-state index < -0.39 is 10.0 Å². The smallest absolute Gasteiger partial charge is 0.242 e. The number of likely N-dealkylation sites (N-methyl/N-ethyl adjacent to an activating group) is 1. The summed E-state index contributed by atoms with van der Waals surface area (Å²) in [5.74, 6) is 0. The number of rotatable bonds is 7. The van der Waals surface area contributed by atoms with Crippen LogP contribution in [0.4, 0.5) is 0 Å². The molecule has 0 radical (unpaired) electrons. The lowest BCUT2D eigenvalue weighted by Gasteiger charge is -2.13. The fraction of sp³-hybridized carbons (Fsp3) is 0.538. The molecule has 1 atom stereocenters. The lowest BCUT2D eigenvalue weighted by molar-refractivity contribution is 0.554. The van der Waals surface area contributed by atoms with Crippen molar-refractivity contribution < 1.29 is 8.42 Å². The Hall–Kier alpha value is -0.330. The number of hydrogen-bond donors (Lipinski definition) is 2. The van der Waals surface area contributed by atoms with Crippen molar-refractivity contribution in [1.29, 1.82) is 0 Å². The van der Waals surface area contributed by atoms with Crippen molar-refractivity contribution >= 4 is 34.0 Å². The molecular formula is C13H22Cl2N2O2S. The average molecular weight is 341 g/mol. The molecule has 0 aliphatic heterocycles. The van der Waals surface area contributed by atoms with Crippen molar-refractivity contribution in [3.05, 3.63) is 28.8 Å². The van der Waals surface area contributed by atoms with E-state index in [9.17, 15) is 8.42 Å². The van der Waals surface area contributed by atoms with Gasteiger partial charge in [-0.05, 0) is 38.1 Å². The lowest BCUT2D eigenvalue weighted by atomic mass is 10.1. The van der Waals surface area contributed by atoms with Crippen LogP contribution in [0, 0.1) is 0 Å². The van der Waals surface area contributed by atoms with Crippen LogP contribution in [0.1, 0.15) is 25.8 Å². The van der Waals surface area contributed by atoms with Crippen LogP contribution in [0.2, 0.25) is 5.02 Å². The number of benzene rings is 1. The number of aryl methyl sites for hydroxylation is 1. The second kappa shape index (κ2) is 8.85. The van der Waals surface area contributed by atoms with Gasteiger partial charge < -0.3 is 5.32 Å². The van der Waals surface area contributed by atoms with Gasteiger partial charge in [0.05, 0.1) is 5.02 Å². The first kappa shape index (κ1) is 19.7. The van der Waals surface area contributed by atoms with Crippen LogP contribution in [0.5, 0.6) is 0 Å². The van der Waals surface area contributed by atoms with E-state index in [0.29, 0.717) is 6.54 Å². The molecule has 116 valence electrons. The Morgan fingerprint density at radius 2 is 2.00 bits per heavy atom. The molecule has 7 heteroatoms. The van der Waals surface area contributed by atoms with Crippen molar-refractivity contribution in [3.8, 4) is 0 Å². The van der Waals surface area contributed by atoms with Crippen LogP contribution in [0.25, 0.3) is 0 Å². The number of halogens is 2. The fourth-order valence-electron chi connectivity index (χ4n) is 1.61. The quantitative estimate of drug-likeness (QED) is 0.802. The molecule has 1 rings (SSSR count). The fourth-order valence-corrected chi connectivity index (χ4v) is 3.29. The summed E-state index contributed by atoms with van der Waals surface area (Å²) in [6.07, 6.45) is 1.80. The summed E-state index contributed by atoms with van der Waals surface area (Å²) >= 11 is 6.00. The van der Waals surface area contributed by atoms with Gasteiger partial charge in [0.1, 0.15) is 4.90 Å². The Morgan fingerprint density at radius 3 is 2.55 bits per heavy atom. The molecule has 20 heavy (non-hydrogen) atoms. The molecule has 0 spiro atoms. The van der Waals surface area contributed by atoms with Crippen molar-refractivity contribution in [1.82, 2.24) is 10.0 Å². The van der Waals surface area contributed by atoms with Gasteiger partial charge >= 0.3 is 0 Å². The molecule has 1 aromatic carbocycles. The van der Waals surface area contributed by atoms with E-state index in [-0.39, 0.29) is 28.4 Å². The van der Waals surface area contributed by atoms with E-state index in [4.69, 9.17) is 11.6 Å². The van der Waals surface area contributed by atoms with Gasteiger partial charge in [0.25, 0.3) is 0 Å². The molecule has 0 heterocycles. The van der Waals surface area contributed by atoms with Crippen LogP contribution < -0.4 is 10.0 Å². The first-order valence-corrected chi connectivity index (χ1v) is 8.22. The van der Waals surface area contributed by atoms with Gasteiger partial charge in [0.2, 0.25) is 10.0 Å². The highest BCUT2D eigenvalue weighted by atomic mass is 35.5. The molecule has 0 aliphatic rings. The molecule has 1 aromatic rings. The minimum absolute atomic E-state index is 0. The summed E-state index contributed by atoms with van der Waals surface area (Å²) in [7, 11) is -1.77. The Kier molecular flexibility index (Phi) is 8.70. The molecule has 2 N–H and O–H groups in total. The maximum atomic E-state index is 12.2. The molecule has 0 amide bonds. The zero-order valence-electron chi connectivity index (χ0n) is 11.9. The third-order valence-corrected chi connectivity index (χ3v) is 4.80. The third kappa shape index (κ3) is 5.58. The zero-order valence-corrected chi connectivity index (χ0v) is 14.3. The normalized spacial score (nSPS) is 12.8. The van der Waals surface area contributed by atoms with E-state index in [1.54, 1.807) is 19.2 Å². The molecular weight excluding hydrogens is 319 g/mol. The minimum atomic E-state index is -3.56. The van der Waals surface area contributed by atoms with Gasteiger partial charge in [-0.2, -0.15) is 0 Å². The van der Waals surface area contributed by atoms with Crippen molar-refractivity contribution in [2.75, 3.05) is 13.6 Å². The van der Waals surface area contributed by atoms with Gasteiger partial charge in [-0.1, -0.05) is 31.0 Å². The van der Waals surface area contributed by atoms with Crippen molar-refractivity contribution in [2.45, 2.75) is 37.6 Å². The summed E-state index contributed by atoms with van der Waals surface area (Å²) < 4.78 is 27.0. The van der Waals surface area contributed by atoms with Gasteiger partial charge in [0.15, 0.2) is 0 Å². The summed E-state index contributed by atoms with van der Waals surface area (Å²) in [5, 5.41) is 3.23. The Morgan fingerprint density at radius 1 is 1.35 bits per heavy atom. The van der Waals surface area contributed by atoms with Gasteiger partial charge in [-0.15, -0.1) is 12.4 Å². The van der Waals surface area contributed by atoms with Crippen molar-refractivity contribution in [2.24, 2.45) is 0 Å². The summed E-state index contributed by atoms with van der Waals surface area (Å²) in [4.78, 5) is 0.156. The van der Waals surface area contributed by atoms with Gasteiger partial charge in [-0.25, -0.2) is 13.1 Å². The summed E-state index contributed by atoms with van der Waals surface area (Å²) in [6.45, 7) is 4.28. The third-order valence-electron chi connectivity index (χ3n) is 2.90. The molecule has 0 bridgehead atoms. The van der Waals surface area contributed by atoms with Crippen molar-refractivity contribution in [3.63, 3.8) is 0 Å². The molecule has 0 aromatic heterocycles. The zero-order chi connectivity index (χ0) is 14.5. The summed E-state index contributed by atoms with van der Waals surface area (Å²) in [5.41, 5.74) is 0.980. The molecule has 0 saturated carbocycles. The predicted octanol–water partition coefficient (Wildman–Crippen LogP) is 2.60. The highest BCUT2D eigenvalue weighted by molar-refractivity contribution is 7.89. The van der Waals surface area contributed by atoms with Gasteiger partial charge in [0, 0.05) is 12.6 Å². The second-order valence-electron chi connectivity index (χ2n) is 4.56. The monoisotopic (exact) mass is 340 g/mol. The Labute approximate surface area is 132 Å². The predicted molar refractivity (Wildman–Crippen MR) is 86.4 cm³/mol. The maximum Gasteiger partial charge on any atom is 0.242 e. The van der Waals surface area contributed by atoms with Crippen LogP contribution in [0.3, 0.4) is 0 Å². The molecule has 1 unspecified atom stereocenters. The maximum absolute atomic E-state index is 12.2. The standard InChI is InChI=1S/C13H21ClN2O2S.ClH/c1-4-5-11-6-7-12(14)13(8-11)19(17,18)16-9-10(2)15-3;/h6-8,10,15-16H,4-5,9H2,1-3H3;1H. The second-order valence-corrected chi connectivity index (χ2v) is 6.70. The van der Waals surface area contributed by atoms with E-state index in [2.05, 4.69) is 17.0 Å².